The van der Waals surface area contributed by atoms with Gasteiger partial charge in [-0.05, 0) is 30.2 Å². The molecule has 2 atom stereocenters. The zero-order valence-electron chi connectivity index (χ0n) is 15.8. The van der Waals surface area contributed by atoms with Crippen molar-refractivity contribution in [2.24, 2.45) is 10.9 Å². The first-order chi connectivity index (χ1) is 12.3. The van der Waals surface area contributed by atoms with Crippen molar-refractivity contribution in [2.75, 3.05) is 13.6 Å². The molecule has 6 heteroatoms. The van der Waals surface area contributed by atoms with E-state index >= 15 is 0 Å². The predicted molar refractivity (Wildman–Crippen MR) is 116 cm³/mol. The summed E-state index contributed by atoms with van der Waals surface area (Å²) in [4.78, 5) is 4.34. The van der Waals surface area contributed by atoms with Gasteiger partial charge in [-0.1, -0.05) is 49.3 Å². The molecule has 142 valence electrons. The lowest BCUT2D eigenvalue weighted by Gasteiger charge is -2.12. The summed E-state index contributed by atoms with van der Waals surface area (Å²) in [6.07, 6.45) is 2.99. The lowest BCUT2D eigenvalue weighted by atomic mass is 10.1. The molecule has 2 N–H and O–H groups in total. The molecular weight excluding hydrogens is 439 g/mol. The second-order valence-electron chi connectivity index (χ2n) is 6.56. The fourth-order valence-corrected chi connectivity index (χ4v) is 3.34. The third-order valence-electron chi connectivity index (χ3n) is 4.95. The van der Waals surface area contributed by atoms with Gasteiger partial charge in [-0.2, -0.15) is 0 Å². The Labute approximate surface area is 173 Å². The van der Waals surface area contributed by atoms with E-state index in [0.717, 1.165) is 36.8 Å². The van der Waals surface area contributed by atoms with Crippen LogP contribution in [0, 0.1) is 5.92 Å². The van der Waals surface area contributed by atoms with Crippen LogP contribution >= 0.6 is 24.0 Å². The van der Waals surface area contributed by atoms with Gasteiger partial charge in [0.2, 0.25) is 0 Å². The Hall–Kier alpha value is -1.57. The molecule has 1 heterocycles. The van der Waals surface area contributed by atoms with Crippen molar-refractivity contribution in [3.63, 3.8) is 0 Å². The van der Waals surface area contributed by atoms with Gasteiger partial charge in [0.05, 0.1) is 5.69 Å². The number of hydrogen-bond donors (Lipinski definition) is 2. The highest BCUT2D eigenvalue weighted by molar-refractivity contribution is 14.0. The van der Waals surface area contributed by atoms with Crippen LogP contribution in [0.3, 0.4) is 0 Å². The van der Waals surface area contributed by atoms with Gasteiger partial charge in [-0.25, -0.2) is 0 Å². The van der Waals surface area contributed by atoms with E-state index in [0.29, 0.717) is 18.4 Å². The molecule has 5 nitrogen and oxygen atoms in total. The van der Waals surface area contributed by atoms with Crippen molar-refractivity contribution in [1.29, 1.82) is 0 Å². The molecule has 1 aromatic heterocycles. The Kier molecular flexibility index (Phi) is 7.93. The molecule has 0 radical (unpaired) electrons. The van der Waals surface area contributed by atoms with Crippen LogP contribution in [0.5, 0.6) is 0 Å². The standard InChI is InChI=1S/C20H28N4O.HI/c1-4-18-17(19(5-2)25-24-18)13-23-20(21-3)22-12-15-11-16(15)14-9-7-6-8-10-14;/h6-10,15-16H,4-5,11-13H2,1-3H3,(H2,21,22,23);1H. The lowest BCUT2D eigenvalue weighted by molar-refractivity contribution is 0.380. The molecule has 0 saturated heterocycles. The summed E-state index contributed by atoms with van der Waals surface area (Å²) in [5.74, 6) is 3.17. The van der Waals surface area contributed by atoms with Gasteiger partial charge < -0.3 is 15.2 Å². The summed E-state index contributed by atoms with van der Waals surface area (Å²) in [6, 6.07) is 10.8. The summed E-state index contributed by atoms with van der Waals surface area (Å²) in [5, 5.41) is 11.0. The number of benzene rings is 1. The van der Waals surface area contributed by atoms with Crippen molar-refractivity contribution in [1.82, 2.24) is 15.8 Å². The van der Waals surface area contributed by atoms with E-state index in [2.05, 4.69) is 65.0 Å². The Morgan fingerprint density at radius 1 is 1.19 bits per heavy atom. The fraction of sp³-hybridized carbons (Fsp3) is 0.500. The second kappa shape index (κ2) is 9.94. The molecule has 26 heavy (non-hydrogen) atoms. The molecule has 0 aliphatic heterocycles. The van der Waals surface area contributed by atoms with Crippen LogP contribution < -0.4 is 10.6 Å². The van der Waals surface area contributed by atoms with Crippen LogP contribution in [0.15, 0.2) is 39.8 Å². The van der Waals surface area contributed by atoms with Gasteiger partial charge in [-0.3, -0.25) is 4.99 Å². The Morgan fingerprint density at radius 2 is 1.96 bits per heavy atom. The predicted octanol–water partition coefficient (Wildman–Crippen LogP) is 3.89. The van der Waals surface area contributed by atoms with Crippen LogP contribution in [-0.4, -0.2) is 24.7 Å². The zero-order chi connectivity index (χ0) is 17.6. The topological polar surface area (TPSA) is 62.5 Å². The third-order valence-corrected chi connectivity index (χ3v) is 4.95. The van der Waals surface area contributed by atoms with Gasteiger partial charge in [-0.15, -0.1) is 24.0 Å². The first-order valence-corrected chi connectivity index (χ1v) is 9.22. The monoisotopic (exact) mass is 468 g/mol. The van der Waals surface area contributed by atoms with Crippen molar-refractivity contribution in [3.05, 3.63) is 52.9 Å². The average Bonchev–Trinajstić information content (AvgIpc) is 3.33. The van der Waals surface area contributed by atoms with Crippen LogP contribution in [0.4, 0.5) is 0 Å². The van der Waals surface area contributed by atoms with E-state index in [1.165, 1.54) is 17.5 Å². The summed E-state index contributed by atoms with van der Waals surface area (Å²) in [5.41, 5.74) is 3.65. The smallest absolute Gasteiger partial charge is 0.191 e. The summed E-state index contributed by atoms with van der Waals surface area (Å²) in [6.45, 7) is 5.84. The van der Waals surface area contributed by atoms with E-state index in [9.17, 15) is 0 Å². The van der Waals surface area contributed by atoms with Crippen molar-refractivity contribution < 1.29 is 4.52 Å². The minimum atomic E-state index is 0. The number of aryl methyl sites for hydroxylation is 2. The zero-order valence-corrected chi connectivity index (χ0v) is 18.1. The highest BCUT2D eigenvalue weighted by Gasteiger charge is 2.37. The summed E-state index contributed by atoms with van der Waals surface area (Å²) < 4.78 is 5.42. The van der Waals surface area contributed by atoms with E-state index < -0.39 is 0 Å². The maximum Gasteiger partial charge on any atom is 0.191 e. The Morgan fingerprint density at radius 3 is 2.62 bits per heavy atom. The maximum atomic E-state index is 5.42. The van der Waals surface area contributed by atoms with Crippen molar-refractivity contribution in [3.8, 4) is 0 Å². The highest BCUT2D eigenvalue weighted by atomic mass is 127. The summed E-state index contributed by atoms with van der Waals surface area (Å²) in [7, 11) is 1.81. The summed E-state index contributed by atoms with van der Waals surface area (Å²) >= 11 is 0. The fourth-order valence-electron chi connectivity index (χ4n) is 3.34. The molecule has 1 aliphatic carbocycles. The number of nitrogens with one attached hydrogen (secondary N) is 2. The van der Waals surface area contributed by atoms with Gasteiger partial charge in [0.15, 0.2) is 5.96 Å². The Bertz CT molecular complexity index is 692. The number of aliphatic imine (C=N–C) groups is 1. The number of aromatic nitrogens is 1. The van der Waals surface area contributed by atoms with E-state index in [-0.39, 0.29) is 24.0 Å². The SMILES string of the molecule is CCc1noc(CC)c1CNC(=NC)NCC1CC1c1ccccc1.I. The number of nitrogens with zero attached hydrogens (tertiary/aromatic N) is 2. The number of rotatable bonds is 7. The normalized spacial score (nSPS) is 19.0. The molecule has 1 aliphatic rings. The lowest BCUT2D eigenvalue weighted by Crippen LogP contribution is -2.38. The molecular formula is C20H29IN4O. The van der Waals surface area contributed by atoms with Gasteiger partial charge in [0.1, 0.15) is 5.76 Å². The molecule has 0 spiro atoms. The maximum absolute atomic E-state index is 5.42. The second-order valence-corrected chi connectivity index (χ2v) is 6.56. The van der Waals surface area contributed by atoms with Crippen LogP contribution in [0.1, 0.15) is 48.8 Å². The van der Waals surface area contributed by atoms with Crippen LogP contribution in [0.2, 0.25) is 0 Å². The first kappa shape index (κ1) is 20.7. The minimum absolute atomic E-state index is 0. The Balaban J connectivity index is 0.00000243. The van der Waals surface area contributed by atoms with Crippen LogP contribution in [-0.2, 0) is 19.4 Å². The van der Waals surface area contributed by atoms with E-state index in [4.69, 9.17) is 4.52 Å². The van der Waals surface area contributed by atoms with Crippen molar-refractivity contribution >= 4 is 29.9 Å². The molecule has 3 rings (SSSR count). The van der Waals surface area contributed by atoms with Gasteiger partial charge in [0.25, 0.3) is 0 Å². The average molecular weight is 468 g/mol. The number of halogens is 1. The molecule has 0 amide bonds. The molecule has 0 bridgehead atoms. The van der Waals surface area contributed by atoms with E-state index in [1.807, 2.05) is 7.05 Å². The highest BCUT2D eigenvalue weighted by Crippen LogP contribution is 2.46. The van der Waals surface area contributed by atoms with Gasteiger partial charge in [0, 0.05) is 32.1 Å². The van der Waals surface area contributed by atoms with E-state index in [1.54, 1.807) is 0 Å². The number of hydrogen-bond acceptors (Lipinski definition) is 3. The molecule has 2 unspecified atom stereocenters. The third kappa shape index (κ3) is 4.99. The van der Waals surface area contributed by atoms with Crippen LogP contribution in [0.25, 0.3) is 0 Å². The quantitative estimate of drug-likeness (QED) is 0.368. The van der Waals surface area contributed by atoms with Gasteiger partial charge >= 0.3 is 0 Å². The molecule has 2 aromatic rings. The first-order valence-electron chi connectivity index (χ1n) is 9.22. The molecule has 1 saturated carbocycles. The van der Waals surface area contributed by atoms with Crippen molar-refractivity contribution in [2.45, 2.75) is 45.6 Å². The number of guanidine groups is 1. The molecule has 1 fully saturated rings. The largest absolute Gasteiger partial charge is 0.361 e. The molecule has 1 aromatic carbocycles. The minimum Gasteiger partial charge on any atom is -0.361 e.